The molecule has 0 aromatic heterocycles. The van der Waals surface area contributed by atoms with Gasteiger partial charge in [0.25, 0.3) is 0 Å². The van der Waals surface area contributed by atoms with Crippen molar-refractivity contribution in [1.82, 2.24) is 0 Å². The van der Waals surface area contributed by atoms with Gasteiger partial charge in [0, 0.05) is 34.3 Å². The predicted molar refractivity (Wildman–Crippen MR) is 68.0 cm³/mol. The third-order valence-corrected chi connectivity index (χ3v) is 2.82. The Morgan fingerprint density at radius 2 is 1.67 bits per heavy atom. The molecule has 0 amide bonds. The van der Waals surface area contributed by atoms with E-state index in [9.17, 15) is 14.4 Å². The van der Waals surface area contributed by atoms with E-state index in [0.717, 1.165) is 0 Å². The summed E-state index contributed by atoms with van der Waals surface area (Å²) in [5.41, 5.74) is 0. The molecular weight excluding hydrogens is 284 g/mol. The third-order valence-electron chi connectivity index (χ3n) is 2.82. The molecule has 1 saturated heterocycles. The van der Waals surface area contributed by atoms with E-state index in [1.54, 1.807) is 0 Å². The van der Waals surface area contributed by atoms with E-state index >= 15 is 0 Å². The zero-order valence-corrected chi connectivity index (χ0v) is 12.5. The van der Waals surface area contributed by atoms with E-state index in [2.05, 4.69) is 0 Å². The predicted octanol–water partition coefficient (Wildman–Crippen LogP) is 0.174. The van der Waals surface area contributed by atoms with Gasteiger partial charge in [-0.25, -0.2) is 0 Å². The first-order valence-electron chi connectivity index (χ1n) is 6.49. The molecule has 8 heteroatoms. The number of hydrogen-bond acceptors (Lipinski definition) is 8. The van der Waals surface area contributed by atoms with Crippen LogP contribution in [0.3, 0.4) is 0 Å². The molecule has 0 radical (unpaired) electrons. The van der Waals surface area contributed by atoms with Gasteiger partial charge in [-0.05, 0) is 0 Å². The van der Waals surface area contributed by atoms with Crippen LogP contribution in [0.5, 0.6) is 0 Å². The number of esters is 3. The summed E-state index contributed by atoms with van der Waals surface area (Å²) in [5, 5.41) is 0. The second-order valence-electron chi connectivity index (χ2n) is 4.60. The number of methoxy groups -OCH3 is 1. The molecule has 21 heavy (non-hydrogen) atoms. The number of hydrogen-bond donors (Lipinski definition) is 0. The van der Waals surface area contributed by atoms with E-state index in [-0.39, 0.29) is 13.0 Å². The van der Waals surface area contributed by atoms with Crippen LogP contribution in [0.4, 0.5) is 0 Å². The Balaban J connectivity index is 2.87. The van der Waals surface area contributed by atoms with Crippen molar-refractivity contribution in [2.45, 2.75) is 51.8 Å². The van der Waals surface area contributed by atoms with E-state index in [4.69, 9.17) is 23.7 Å². The van der Waals surface area contributed by atoms with Crippen molar-refractivity contribution in [2.24, 2.45) is 0 Å². The van der Waals surface area contributed by atoms with Crippen molar-refractivity contribution >= 4 is 17.9 Å². The van der Waals surface area contributed by atoms with E-state index < -0.39 is 42.5 Å². The lowest BCUT2D eigenvalue weighted by Crippen LogP contribution is -2.54. The molecule has 0 aromatic rings. The lowest BCUT2D eigenvalue weighted by Gasteiger charge is -2.39. The van der Waals surface area contributed by atoms with Crippen LogP contribution >= 0.6 is 0 Å². The summed E-state index contributed by atoms with van der Waals surface area (Å²) in [6.45, 7) is 3.60. The average molecular weight is 304 g/mol. The number of carbonyl (C=O) groups excluding carboxylic acids is 3. The van der Waals surface area contributed by atoms with Gasteiger partial charge in [0.05, 0.1) is 0 Å². The Hall–Kier alpha value is -1.67. The maximum Gasteiger partial charge on any atom is 0.303 e. The largest absolute Gasteiger partial charge is 0.463 e. The lowest BCUT2D eigenvalue weighted by atomic mass is 10.0. The van der Waals surface area contributed by atoms with Crippen molar-refractivity contribution in [3.63, 3.8) is 0 Å². The molecule has 0 aliphatic carbocycles. The monoisotopic (exact) mass is 304 g/mol. The minimum atomic E-state index is -0.864. The quantitative estimate of drug-likeness (QED) is 0.524. The van der Waals surface area contributed by atoms with Crippen molar-refractivity contribution in [2.75, 3.05) is 13.7 Å². The van der Waals surface area contributed by atoms with Gasteiger partial charge < -0.3 is 23.7 Å². The lowest BCUT2D eigenvalue weighted by molar-refractivity contribution is -0.259. The van der Waals surface area contributed by atoms with Gasteiger partial charge in [0.15, 0.2) is 12.4 Å². The Labute approximate surface area is 122 Å². The molecule has 0 spiro atoms. The Kier molecular flexibility index (Phi) is 6.57. The van der Waals surface area contributed by atoms with E-state index in [1.807, 2.05) is 0 Å². The summed E-state index contributed by atoms with van der Waals surface area (Å²) in [6.07, 6.45) is -2.81. The molecular formula is C13H20O8. The fourth-order valence-electron chi connectivity index (χ4n) is 2.05. The van der Waals surface area contributed by atoms with Crippen LogP contribution in [0.25, 0.3) is 0 Å². The van der Waals surface area contributed by atoms with Gasteiger partial charge in [0.2, 0.25) is 0 Å². The minimum absolute atomic E-state index is 0.134. The van der Waals surface area contributed by atoms with Crippen molar-refractivity contribution in [3.8, 4) is 0 Å². The van der Waals surface area contributed by atoms with Gasteiger partial charge in [-0.15, -0.1) is 0 Å². The maximum atomic E-state index is 11.2. The minimum Gasteiger partial charge on any atom is -0.463 e. The maximum absolute atomic E-state index is 11.2. The van der Waals surface area contributed by atoms with Crippen molar-refractivity contribution < 1.29 is 38.1 Å². The summed E-state index contributed by atoms with van der Waals surface area (Å²) in [6, 6.07) is 0. The summed E-state index contributed by atoms with van der Waals surface area (Å²) in [5.74, 6) is -1.56. The number of carbonyl (C=O) groups is 3. The SMILES string of the molecule is COC1C[C@@H](OC(C)=O)[C@@H](OC(C)=O)[C@@H](COC(C)=O)O1. The van der Waals surface area contributed by atoms with Gasteiger partial charge >= 0.3 is 17.9 Å². The molecule has 0 saturated carbocycles. The molecule has 4 atom stereocenters. The third kappa shape index (κ3) is 5.68. The van der Waals surface area contributed by atoms with Gasteiger partial charge in [-0.3, -0.25) is 14.4 Å². The number of ether oxygens (including phenoxy) is 5. The topological polar surface area (TPSA) is 97.4 Å². The van der Waals surface area contributed by atoms with Crippen LogP contribution in [0.15, 0.2) is 0 Å². The van der Waals surface area contributed by atoms with Crippen LogP contribution in [-0.4, -0.2) is 56.2 Å². The fourth-order valence-corrected chi connectivity index (χ4v) is 2.05. The van der Waals surface area contributed by atoms with Crippen LogP contribution in [-0.2, 0) is 38.1 Å². The second-order valence-corrected chi connectivity index (χ2v) is 4.60. The van der Waals surface area contributed by atoms with Gasteiger partial charge in [-0.2, -0.15) is 0 Å². The standard InChI is InChI=1S/C13H20O8/c1-7(14)18-6-11-13(20-9(3)16)10(19-8(2)15)5-12(17-4)21-11/h10-13H,5-6H2,1-4H3/t10-,11-,12?,13-/m1/s1. The van der Waals surface area contributed by atoms with Crippen LogP contribution in [0, 0.1) is 0 Å². The highest BCUT2D eigenvalue weighted by atomic mass is 16.7. The highest BCUT2D eigenvalue weighted by molar-refractivity contribution is 5.67. The molecule has 120 valence electrons. The van der Waals surface area contributed by atoms with E-state index in [1.165, 1.54) is 27.9 Å². The zero-order chi connectivity index (χ0) is 16.0. The summed E-state index contributed by atoms with van der Waals surface area (Å²) >= 11 is 0. The first-order chi connectivity index (χ1) is 9.83. The Morgan fingerprint density at radius 1 is 1.05 bits per heavy atom. The summed E-state index contributed by atoms with van der Waals surface area (Å²) in [4.78, 5) is 33.3. The normalized spacial score (nSPS) is 28.6. The van der Waals surface area contributed by atoms with E-state index in [0.29, 0.717) is 0 Å². The zero-order valence-electron chi connectivity index (χ0n) is 12.5. The highest BCUT2D eigenvalue weighted by Gasteiger charge is 2.43. The molecule has 1 rings (SSSR count). The number of rotatable bonds is 5. The molecule has 1 fully saturated rings. The molecule has 8 nitrogen and oxygen atoms in total. The smallest absolute Gasteiger partial charge is 0.303 e. The summed E-state index contributed by atoms with van der Waals surface area (Å²) < 4.78 is 25.8. The molecule has 1 unspecified atom stereocenters. The van der Waals surface area contributed by atoms with Crippen molar-refractivity contribution in [3.05, 3.63) is 0 Å². The Morgan fingerprint density at radius 3 is 2.14 bits per heavy atom. The average Bonchev–Trinajstić information content (AvgIpc) is 2.37. The van der Waals surface area contributed by atoms with Crippen molar-refractivity contribution in [1.29, 1.82) is 0 Å². The second kappa shape index (κ2) is 7.94. The molecule has 0 bridgehead atoms. The molecule has 1 aliphatic heterocycles. The first-order valence-corrected chi connectivity index (χ1v) is 6.49. The van der Waals surface area contributed by atoms with Gasteiger partial charge in [-0.1, -0.05) is 0 Å². The Bertz CT molecular complexity index is 394. The fraction of sp³-hybridized carbons (Fsp3) is 0.769. The molecule has 1 heterocycles. The van der Waals surface area contributed by atoms with Crippen LogP contribution in [0.2, 0.25) is 0 Å². The van der Waals surface area contributed by atoms with Gasteiger partial charge in [0.1, 0.15) is 18.8 Å². The molecule has 1 aliphatic rings. The van der Waals surface area contributed by atoms with Crippen LogP contribution in [0.1, 0.15) is 27.2 Å². The highest BCUT2D eigenvalue weighted by Crippen LogP contribution is 2.26. The molecule has 0 aromatic carbocycles. The first kappa shape index (κ1) is 17.4. The molecule has 0 N–H and O–H groups in total. The van der Waals surface area contributed by atoms with Crippen LogP contribution < -0.4 is 0 Å². The summed E-state index contributed by atoms with van der Waals surface area (Å²) in [7, 11) is 1.44.